The van der Waals surface area contributed by atoms with Gasteiger partial charge in [0.05, 0.1) is 22.7 Å². The van der Waals surface area contributed by atoms with Crippen LogP contribution in [0.25, 0.3) is 0 Å². The smallest absolute Gasteiger partial charge is 0.244 e. The largest absolute Gasteiger partial charge is 0.248 e. The van der Waals surface area contributed by atoms with Gasteiger partial charge in [-0.2, -0.15) is 9.57 Å². The standard InChI is InChI=1S/C13H13N5O2S/c14-9-11-3-1-2-4-13(11)21(19,20)17-7-5-12(10-17)18-8-6-15-16-18/h1-4,6,8,12H,5,7,10H2. The van der Waals surface area contributed by atoms with Crippen LogP contribution in [0, 0.1) is 11.3 Å². The molecular formula is C13H13N5O2S. The van der Waals surface area contributed by atoms with Crippen LogP contribution in [0.1, 0.15) is 18.0 Å². The first kappa shape index (κ1) is 13.7. The lowest BCUT2D eigenvalue weighted by Gasteiger charge is -2.17. The molecule has 3 rings (SSSR count). The summed E-state index contributed by atoms with van der Waals surface area (Å²) in [6, 6.07) is 8.17. The van der Waals surface area contributed by atoms with Crippen molar-refractivity contribution in [2.45, 2.75) is 17.4 Å². The van der Waals surface area contributed by atoms with Crippen molar-refractivity contribution in [1.82, 2.24) is 19.3 Å². The number of nitriles is 1. The quantitative estimate of drug-likeness (QED) is 0.835. The Morgan fingerprint density at radius 1 is 1.33 bits per heavy atom. The number of nitrogens with zero attached hydrogens (tertiary/aromatic N) is 5. The van der Waals surface area contributed by atoms with E-state index in [2.05, 4.69) is 10.3 Å². The Labute approximate surface area is 122 Å². The molecule has 108 valence electrons. The number of sulfonamides is 1. The highest BCUT2D eigenvalue weighted by Crippen LogP contribution is 2.28. The summed E-state index contributed by atoms with van der Waals surface area (Å²) < 4.78 is 28.4. The molecule has 0 spiro atoms. The van der Waals surface area contributed by atoms with E-state index in [4.69, 9.17) is 5.26 Å². The second-order valence-electron chi connectivity index (χ2n) is 4.80. The molecule has 1 aliphatic heterocycles. The second-order valence-corrected chi connectivity index (χ2v) is 6.70. The molecule has 1 fully saturated rings. The molecule has 1 aliphatic rings. The molecule has 0 radical (unpaired) electrons. The molecule has 0 saturated carbocycles. The van der Waals surface area contributed by atoms with Crippen molar-refractivity contribution in [2.24, 2.45) is 0 Å². The van der Waals surface area contributed by atoms with E-state index in [1.807, 2.05) is 6.07 Å². The van der Waals surface area contributed by atoms with E-state index >= 15 is 0 Å². The zero-order valence-corrected chi connectivity index (χ0v) is 11.9. The van der Waals surface area contributed by atoms with E-state index < -0.39 is 10.0 Å². The monoisotopic (exact) mass is 303 g/mol. The third kappa shape index (κ3) is 2.41. The van der Waals surface area contributed by atoms with Crippen LogP contribution in [-0.4, -0.2) is 40.8 Å². The van der Waals surface area contributed by atoms with E-state index in [-0.39, 0.29) is 16.5 Å². The Kier molecular flexibility index (Phi) is 3.45. The molecule has 0 aliphatic carbocycles. The van der Waals surface area contributed by atoms with Crippen molar-refractivity contribution in [2.75, 3.05) is 13.1 Å². The molecule has 0 amide bonds. The van der Waals surface area contributed by atoms with Crippen molar-refractivity contribution in [1.29, 1.82) is 5.26 Å². The minimum atomic E-state index is -3.66. The molecule has 21 heavy (non-hydrogen) atoms. The highest BCUT2D eigenvalue weighted by atomic mass is 32.2. The predicted molar refractivity (Wildman–Crippen MR) is 73.6 cm³/mol. The summed E-state index contributed by atoms with van der Waals surface area (Å²) in [7, 11) is -3.66. The number of rotatable bonds is 3. The van der Waals surface area contributed by atoms with Gasteiger partial charge in [-0.25, -0.2) is 13.1 Å². The highest BCUT2D eigenvalue weighted by Gasteiger charge is 2.34. The lowest BCUT2D eigenvalue weighted by atomic mass is 10.2. The van der Waals surface area contributed by atoms with Gasteiger partial charge in [0.2, 0.25) is 10.0 Å². The molecule has 8 heteroatoms. The van der Waals surface area contributed by atoms with Gasteiger partial charge in [0, 0.05) is 19.3 Å². The molecular weight excluding hydrogens is 290 g/mol. The van der Waals surface area contributed by atoms with Crippen LogP contribution in [0.2, 0.25) is 0 Å². The first-order valence-corrected chi connectivity index (χ1v) is 7.92. The maximum Gasteiger partial charge on any atom is 0.244 e. The summed E-state index contributed by atoms with van der Waals surface area (Å²) >= 11 is 0. The molecule has 2 heterocycles. The van der Waals surface area contributed by atoms with Crippen LogP contribution in [0.15, 0.2) is 41.6 Å². The van der Waals surface area contributed by atoms with Crippen molar-refractivity contribution in [3.8, 4) is 6.07 Å². The molecule has 1 saturated heterocycles. The third-order valence-electron chi connectivity index (χ3n) is 3.57. The normalized spacial score (nSPS) is 19.5. The molecule has 0 bridgehead atoms. The zero-order chi connectivity index (χ0) is 14.9. The van der Waals surface area contributed by atoms with E-state index in [9.17, 15) is 8.42 Å². The Bertz CT molecular complexity index is 779. The fraction of sp³-hybridized carbons (Fsp3) is 0.308. The Hall–Kier alpha value is -2.24. The van der Waals surface area contributed by atoms with E-state index in [1.54, 1.807) is 29.2 Å². The topological polar surface area (TPSA) is 91.9 Å². The predicted octanol–water partition coefficient (Wildman–Crippen LogP) is 0.785. The van der Waals surface area contributed by atoms with Gasteiger partial charge in [0.25, 0.3) is 0 Å². The molecule has 0 N–H and O–H groups in total. The lowest BCUT2D eigenvalue weighted by Crippen LogP contribution is -2.30. The molecule has 2 aromatic rings. The fourth-order valence-electron chi connectivity index (χ4n) is 2.48. The molecule has 1 aromatic carbocycles. The number of hydrogen-bond acceptors (Lipinski definition) is 5. The molecule has 7 nitrogen and oxygen atoms in total. The van der Waals surface area contributed by atoms with Gasteiger partial charge >= 0.3 is 0 Å². The fourth-order valence-corrected chi connectivity index (χ4v) is 4.11. The van der Waals surface area contributed by atoms with E-state index in [1.165, 1.54) is 16.4 Å². The van der Waals surface area contributed by atoms with Gasteiger partial charge in [-0.1, -0.05) is 17.3 Å². The van der Waals surface area contributed by atoms with Crippen LogP contribution in [-0.2, 0) is 10.0 Å². The molecule has 1 atom stereocenters. The molecule has 1 aromatic heterocycles. The summed E-state index contributed by atoms with van der Waals surface area (Å²) in [6.07, 6.45) is 3.98. The van der Waals surface area contributed by atoms with Crippen molar-refractivity contribution in [3.63, 3.8) is 0 Å². The summed E-state index contributed by atoms with van der Waals surface area (Å²) in [5.74, 6) is 0. The van der Waals surface area contributed by atoms with Gasteiger partial charge in [-0.15, -0.1) is 5.10 Å². The van der Waals surface area contributed by atoms with E-state index in [0.29, 0.717) is 19.5 Å². The minimum Gasteiger partial charge on any atom is -0.248 e. The Morgan fingerprint density at radius 2 is 2.14 bits per heavy atom. The second kappa shape index (κ2) is 5.27. The zero-order valence-electron chi connectivity index (χ0n) is 11.1. The summed E-state index contributed by atoms with van der Waals surface area (Å²) in [4.78, 5) is 0.0618. The SMILES string of the molecule is N#Cc1ccccc1S(=O)(=O)N1CCC(n2ccnn2)C1. The van der Waals surface area contributed by atoms with Crippen LogP contribution in [0.5, 0.6) is 0 Å². The first-order chi connectivity index (χ1) is 10.1. The first-order valence-electron chi connectivity index (χ1n) is 6.48. The van der Waals surface area contributed by atoms with Crippen molar-refractivity contribution >= 4 is 10.0 Å². The van der Waals surface area contributed by atoms with Gasteiger partial charge in [-0.3, -0.25) is 0 Å². The lowest BCUT2D eigenvalue weighted by molar-refractivity contribution is 0.428. The van der Waals surface area contributed by atoms with Crippen LogP contribution >= 0.6 is 0 Å². The van der Waals surface area contributed by atoms with Crippen molar-refractivity contribution in [3.05, 3.63) is 42.2 Å². The van der Waals surface area contributed by atoms with Gasteiger partial charge in [0.15, 0.2) is 0 Å². The van der Waals surface area contributed by atoms with Gasteiger partial charge in [0.1, 0.15) is 6.07 Å². The minimum absolute atomic E-state index is 0.0171. The number of benzene rings is 1. The molecule has 1 unspecified atom stereocenters. The number of hydrogen-bond donors (Lipinski definition) is 0. The summed E-state index contributed by atoms with van der Waals surface area (Å²) in [5.41, 5.74) is 0.168. The number of aromatic nitrogens is 3. The van der Waals surface area contributed by atoms with Crippen LogP contribution in [0.4, 0.5) is 0 Å². The van der Waals surface area contributed by atoms with Crippen molar-refractivity contribution < 1.29 is 8.42 Å². The average Bonchev–Trinajstić information content (AvgIpc) is 3.17. The third-order valence-corrected chi connectivity index (χ3v) is 5.49. The highest BCUT2D eigenvalue weighted by molar-refractivity contribution is 7.89. The van der Waals surface area contributed by atoms with Gasteiger partial charge in [-0.05, 0) is 18.6 Å². The Balaban J connectivity index is 1.89. The maximum atomic E-state index is 12.7. The van der Waals surface area contributed by atoms with Crippen LogP contribution < -0.4 is 0 Å². The van der Waals surface area contributed by atoms with Gasteiger partial charge < -0.3 is 0 Å². The summed E-state index contributed by atoms with van der Waals surface area (Å²) in [6.45, 7) is 0.748. The maximum absolute atomic E-state index is 12.7. The van der Waals surface area contributed by atoms with E-state index in [0.717, 1.165) is 0 Å². The van der Waals surface area contributed by atoms with Crippen LogP contribution in [0.3, 0.4) is 0 Å². The summed E-state index contributed by atoms with van der Waals surface area (Å²) in [5, 5.41) is 16.7. The average molecular weight is 303 g/mol. The Morgan fingerprint density at radius 3 is 2.86 bits per heavy atom.